The van der Waals surface area contributed by atoms with E-state index in [2.05, 4.69) is 30.4 Å². The quantitative estimate of drug-likeness (QED) is 0.782. The molecule has 2 heterocycles. The third-order valence-corrected chi connectivity index (χ3v) is 4.10. The van der Waals surface area contributed by atoms with Crippen molar-refractivity contribution in [3.8, 4) is 0 Å². The van der Waals surface area contributed by atoms with Gasteiger partial charge >= 0.3 is 0 Å². The van der Waals surface area contributed by atoms with Crippen molar-refractivity contribution in [3.05, 3.63) is 40.4 Å². The Morgan fingerprint density at radius 3 is 2.94 bits per heavy atom. The van der Waals surface area contributed by atoms with Crippen LogP contribution in [0, 0.1) is 6.92 Å². The van der Waals surface area contributed by atoms with Gasteiger partial charge in [0, 0.05) is 17.1 Å². The van der Waals surface area contributed by atoms with Crippen LogP contribution in [0.4, 0.5) is 0 Å². The van der Waals surface area contributed by atoms with Gasteiger partial charge in [0.1, 0.15) is 0 Å². The average Bonchev–Trinajstić information content (AvgIpc) is 2.62. The number of benzene rings is 1. The maximum Gasteiger partial charge on any atom is 0.0435 e. The smallest absolute Gasteiger partial charge is 0.0435 e. The van der Waals surface area contributed by atoms with Crippen molar-refractivity contribution in [3.63, 3.8) is 0 Å². The van der Waals surface area contributed by atoms with Crippen LogP contribution in [0.3, 0.4) is 0 Å². The topological polar surface area (TPSA) is 12.0 Å². The van der Waals surface area contributed by atoms with Gasteiger partial charge in [0.25, 0.3) is 0 Å². The second-order valence-electron chi connectivity index (χ2n) is 4.91. The summed E-state index contributed by atoms with van der Waals surface area (Å²) in [5.74, 6) is 0. The first kappa shape index (κ1) is 10.4. The molecular weight excluding hydrogens is 218 g/mol. The highest BCUT2D eigenvalue weighted by Crippen LogP contribution is 2.32. The van der Waals surface area contributed by atoms with E-state index in [9.17, 15) is 0 Å². The van der Waals surface area contributed by atoms with Crippen molar-refractivity contribution in [2.75, 3.05) is 0 Å². The van der Waals surface area contributed by atoms with Gasteiger partial charge in [-0.2, -0.15) is 0 Å². The molecule has 2 aliphatic heterocycles. The Labute approximate surface area is 102 Å². The van der Waals surface area contributed by atoms with Crippen LogP contribution >= 0.6 is 11.6 Å². The van der Waals surface area contributed by atoms with E-state index < -0.39 is 0 Å². The minimum atomic E-state index is 0.602. The molecular formula is C14H16ClN. The van der Waals surface area contributed by atoms with Gasteiger partial charge in [0.05, 0.1) is 0 Å². The average molecular weight is 234 g/mol. The van der Waals surface area contributed by atoms with Crippen molar-refractivity contribution >= 4 is 17.2 Å². The highest BCUT2D eigenvalue weighted by molar-refractivity contribution is 6.31. The van der Waals surface area contributed by atoms with Crippen LogP contribution < -0.4 is 5.32 Å². The van der Waals surface area contributed by atoms with Gasteiger partial charge in [-0.15, -0.1) is 0 Å². The minimum Gasteiger partial charge on any atom is -0.307 e. The number of halogens is 1. The molecule has 0 aromatic heterocycles. The summed E-state index contributed by atoms with van der Waals surface area (Å²) in [5, 5.41) is 4.48. The van der Waals surface area contributed by atoms with Crippen LogP contribution in [-0.2, 0) is 0 Å². The van der Waals surface area contributed by atoms with E-state index in [0.29, 0.717) is 12.1 Å². The first-order valence-electron chi connectivity index (χ1n) is 5.95. The van der Waals surface area contributed by atoms with Gasteiger partial charge in [-0.05, 0) is 49.0 Å². The van der Waals surface area contributed by atoms with Gasteiger partial charge in [-0.1, -0.05) is 29.8 Å². The fourth-order valence-corrected chi connectivity index (χ4v) is 2.90. The van der Waals surface area contributed by atoms with Crippen molar-refractivity contribution in [1.29, 1.82) is 0 Å². The molecule has 0 aliphatic carbocycles. The summed E-state index contributed by atoms with van der Waals surface area (Å²) in [6.07, 6.45) is 6.17. The van der Waals surface area contributed by atoms with E-state index in [-0.39, 0.29) is 0 Å². The number of fused-ring (bicyclic) bond motifs is 2. The second-order valence-corrected chi connectivity index (χ2v) is 5.31. The maximum atomic E-state index is 6.06. The number of hydrogen-bond acceptors (Lipinski definition) is 1. The molecule has 2 aliphatic rings. The Morgan fingerprint density at radius 2 is 2.19 bits per heavy atom. The molecule has 0 radical (unpaired) electrons. The van der Waals surface area contributed by atoms with Crippen LogP contribution in [0.5, 0.6) is 0 Å². The molecule has 2 heteroatoms. The van der Waals surface area contributed by atoms with Crippen molar-refractivity contribution in [1.82, 2.24) is 5.32 Å². The highest BCUT2D eigenvalue weighted by atomic mass is 35.5. The third kappa shape index (κ3) is 1.79. The van der Waals surface area contributed by atoms with E-state index in [1.807, 2.05) is 6.07 Å². The predicted octanol–water partition coefficient (Wildman–Crippen LogP) is 3.56. The lowest BCUT2D eigenvalue weighted by molar-refractivity contribution is 0.575. The lowest BCUT2D eigenvalue weighted by atomic mass is 9.95. The first-order valence-corrected chi connectivity index (χ1v) is 6.33. The van der Waals surface area contributed by atoms with Crippen LogP contribution in [0.1, 0.15) is 30.4 Å². The molecule has 1 aromatic carbocycles. The van der Waals surface area contributed by atoms with E-state index in [0.717, 1.165) is 11.4 Å². The molecule has 0 spiro atoms. The molecule has 16 heavy (non-hydrogen) atoms. The third-order valence-electron chi connectivity index (χ3n) is 3.67. The highest BCUT2D eigenvalue weighted by Gasteiger charge is 2.28. The summed E-state index contributed by atoms with van der Waals surface area (Å²) >= 11 is 6.06. The van der Waals surface area contributed by atoms with Gasteiger partial charge in [-0.25, -0.2) is 0 Å². The van der Waals surface area contributed by atoms with Gasteiger partial charge in [0.2, 0.25) is 0 Å². The lowest BCUT2D eigenvalue weighted by Crippen LogP contribution is -2.31. The fraction of sp³-hybridized carbons (Fsp3) is 0.429. The van der Waals surface area contributed by atoms with Crippen LogP contribution in [0.25, 0.3) is 5.57 Å². The number of rotatable bonds is 1. The zero-order valence-corrected chi connectivity index (χ0v) is 10.2. The molecule has 0 amide bonds. The van der Waals surface area contributed by atoms with E-state index in [4.69, 9.17) is 11.6 Å². The number of nitrogens with one attached hydrogen (secondary N) is 1. The largest absolute Gasteiger partial charge is 0.307 e. The lowest BCUT2D eigenvalue weighted by Gasteiger charge is -2.21. The molecule has 1 N–H and O–H groups in total. The Bertz CT molecular complexity index is 450. The SMILES string of the molecule is Cc1cc(C2=CC3CCC(C2)N3)ccc1Cl. The molecule has 1 aromatic rings. The van der Waals surface area contributed by atoms with Crippen molar-refractivity contribution < 1.29 is 0 Å². The summed E-state index contributed by atoms with van der Waals surface area (Å²) in [6, 6.07) is 7.66. The molecule has 2 unspecified atom stereocenters. The zero-order valence-electron chi connectivity index (χ0n) is 9.46. The zero-order chi connectivity index (χ0) is 11.1. The molecule has 3 rings (SSSR count). The molecule has 1 nitrogen and oxygen atoms in total. The van der Waals surface area contributed by atoms with Gasteiger partial charge < -0.3 is 5.32 Å². The molecule has 2 bridgehead atoms. The summed E-state index contributed by atoms with van der Waals surface area (Å²) in [7, 11) is 0. The molecule has 1 fully saturated rings. The Hall–Kier alpha value is -0.790. The minimum absolute atomic E-state index is 0.602. The summed E-state index contributed by atoms with van der Waals surface area (Å²) in [5.41, 5.74) is 4.01. The van der Waals surface area contributed by atoms with E-state index in [1.165, 1.54) is 29.5 Å². The summed E-state index contributed by atoms with van der Waals surface area (Å²) < 4.78 is 0. The molecule has 0 saturated carbocycles. The normalized spacial score (nSPS) is 28.0. The van der Waals surface area contributed by atoms with Crippen molar-refractivity contribution in [2.24, 2.45) is 0 Å². The van der Waals surface area contributed by atoms with Gasteiger partial charge in [-0.3, -0.25) is 0 Å². The van der Waals surface area contributed by atoms with Crippen LogP contribution in [0.15, 0.2) is 24.3 Å². The first-order chi connectivity index (χ1) is 7.72. The monoisotopic (exact) mass is 233 g/mol. The molecule has 84 valence electrons. The van der Waals surface area contributed by atoms with Crippen molar-refractivity contribution in [2.45, 2.75) is 38.3 Å². The predicted molar refractivity (Wildman–Crippen MR) is 68.7 cm³/mol. The van der Waals surface area contributed by atoms with Crippen LogP contribution in [0.2, 0.25) is 5.02 Å². The Morgan fingerprint density at radius 1 is 1.31 bits per heavy atom. The van der Waals surface area contributed by atoms with E-state index >= 15 is 0 Å². The van der Waals surface area contributed by atoms with Crippen LogP contribution in [-0.4, -0.2) is 12.1 Å². The number of aryl methyl sites for hydroxylation is 1. The molecule has 2 atom stereocenters. The summed E-state index contributed by atoms with van der Waals surface area (Å²) in [6.45, 7) is 2.07. The molecule has 1 saturated heterocycles. The maximum absolute atomic E-state index is 6.06. The van der Waals surface area contributed by atoms with E-state index in [1.54, 1.807) is 0 Å². The number of hydrogen-bond donors (Lipinski definition) is 1. The second kappa shape index (κ2) is 3.90. The fourth-order valence-electron chi connectivity index (χ4n) is 2.78. The Balaban J connectivity index is 1.95. The van der Waals surface area contributed by atoms with Gasteiger partial charge in [0.15, 0.2) is 0 Å². The Kier molecular flexibility index (Phi) is 2.53. The summed E-state index contributed by atoms with van der Waals surface area (Å²) in [4.78, 5) is 0. The standard InChI is InChI=1S/C14H16ClN/c1-9-6-10(2-5-14(9)15)11-7-12-3-4-13(8-11)16-12/h2,5-7,12-13,16H,3-4,8H2,1H3.